The molecule has 0 unspecified atom stereocenters. The highest BCUT2D eigenvalue weighted by atomic mass is 15.2. The lowest BCUT2D eigenvalue weighted by molar-refractivity contribution is 0.160. The quantitative estimate of drug-likeness (QED) is 0.785. The van der Waals surface area contributed by atoms with Crippen molar-refractivity contribution in [2.75, 3.05) is 6.54 Å². The molecule has 3 rings (SSSR count). The molecule has 1 aliphatic rings. The van der Waals surface area contributed by atoms with Crippen LogP contribution in [0.4, 0.5) is 0 Å². The summed E-state index contributed by atoms with van der Waals surface area (Å²) in [5, 5.41) is 0. The summed E-state index contributed by atoms with van der Waals surface area (Å²) < 4.78 is 0. The Morgan fingerprint density at radius 2 is 1.60 bits per heavy atom. The number of rotatable bonds is 2. The Labute approximate surface area is 122 Å². The average Bonchev–Trinajstić information content (AvgIpc) is 2.66. The summed E-state index contributed by atoms with van der Waals surface area (Å²) in [5.74, 6) is 0. The molecular formula is C19H23N. The molecule has 0 amide bonds. The Morgan fingerprint density at radius 3 is 2.35 bits per heavy atom. The molecule has 2 aromatic carbocycles. The Hall–Kier alpha value is -1.60. The predicted molar refractivity (Wildman–Crippen MR) is 84.9 cm³/mol. The molecule has 0 aromatic heterocycles. The van der Waals surface area contributed by atoms with Gasteiger partial charge in [0.15, 0.2) is 0 Å². The van der Waals surface area contributed by atoms with Gasteiger partial charge in [0.1, 0.15) is 0 Å². The minimum atomic E-state index is 0.487. The Morgan fingerprint density at radius 1 is 0.950 bits per heavy atom. The minimum Gasteiger partial charge on any atom is -0.293 e. The van der Waals surface area contributed by atoms with Crippen molar-refractivity contribution in [2.45, 2.75) is 38.8 Å². The molecule has 0 radical (unpaired) electrons. The van der Waals surface area contributed by atoms with Crippen LogP contribution in [0.3, 0.4) is 0 Å². The van der Waals surface area contributed by atoms with Crippen molar-refractivity contribution < 1.29 is 0 Å². The number of hydrogen-bond donors (Lipinski definition) is 0. The largest absolute Gasteiger partial charge is 0.293 e. The maximum atomic E-state index is 2.65. The first-order valence-corrected chi connectivity index (χ1v) is 7.63. The molecule has 104 valence electrons. The normalized spacial score (nSPS) is 21.0. The van der Waals surface area contributed by atoms with E-state index in [9.17, 15) is 0 Å². The first-order valence-electron chi connectivity index (χ1n) is 7.63. The van der Waals surface area contributed by atoms with Gasteiger partial charge in [-0.1, -0.05) is 54.6 Å². The van der Waals surface area contributed by atoms with Gasteiger partial charge in [-0.25, -0.2) is 0 Å². The summed E-state index contributed by atoms with van der Waals surface area (Å²) in [6.45, 7) is 5.84. The summed E-state index contributed by atoms with van der Waals surface area (Å²) in [6.07, 6.45) is 2.32. The molecule has 0 saturated heterocycles. The van der Waals surface area contributed by atoms with Crippen molar-refractivity contribution in [3.05, 3.63) is 71.3 Å². The lowest BCUT2D eigenvalue weighted by Crippen LogP contribution is -2.36. The molecule has 20 heavy (non-hydrogen) atoms. The smallest absolute Gasteiger partial charge is 0.0322 e. The van der Waals surface area contributed by atoms with Gasteiger partial charge in [0.25, 0.3) is 0 Å². The molecule has 1 nitrogen and oxygen atoms in total. The van der Waals surface area contributed by atoms with Crippen molar-refractivity contribution >= 4 is 0 Å². The van der Waals surface area contributed by atoms with E-state index in [-0.39, 0.29) is 0 Å². The van der Waals surface area contributed by atoms with Crippen LogP contribution in [-0.4, -0.2) is 17.5 Å². The van der Waals surface area contributed by atoms with E-state index in [1.807, 2.05) is 0 Å². The number of nitrogens with zero attached hydrogens (tertiary/aromatic N) is 1. The van der Waals surface area contributed by atoms with Gasteiger partial charge in [0.05, 0.1) is 0 Å². The highest BCUT2D eigenvalue weighted by molar-refractivity contribution is 5.30. The molecular weight excluding hydrogens is 242 g/mol. The lowest BCUT2D eigenvalue weighted by Gasteiger charge is -2.33. The summed E-state index contributed by atoms with van der Waals surface area (Å²) >= 11 is 0. The van der Waals surface area contributed by atoms with E-state index in [0.29, 0.717) is 12.1 Å². The first-order chi connectivity index (χ1) is 9.75. The number of hydrogen-bond acceptors (Lipinski definition) is 1. The van der Waals surface area contributed by atoms with Gasteiger partial charge in [-0.05, 0) is 43.4 Å². The standard InChI is InChI=1S/C19H23N/c1-15-14-19-11-7-6-10-18(19)12-13-20(15)16(2)17-8-4-3-5-9-17/h3-11,15-16H,12-14H2,1-2H3/t15-,16-/m1/s1. The Kier molecular flexibility index (Phi) is 3.88. The molecule has 1 heterocycles. The first kappa shape index (κ1) is 13.4. The SMILES string of the molecule is C[C@@H]1Cc2ccccc2CCN1[C@H](C)c1ccccc1. The molecule has 0 bridgehead atoms. The fourth-order valence-corrected chi connectivity index (χ4v) is 3.40. The van der Waals surface area contributed by atoms with E-state index in [4.69, 9.17) is 0 Å². The van der Waals surface area contributed by atoms with E-state index < -0.39 is 0 Å². The van der Waals surface area contributed by atoms with E-state index in [1.54, 1.807) is 0 Å². The molecule has 2 aromatic rings. The summed E-state index contributed by atoms with van der Waals surface area (Å²) in [6, 6.07) is 20.9. The molecule has 0 fully saturated rings. The van der Waals surface area contributed by atoms with Gasteiger partial charge >= 0.3 is 0 Å². The molecule has 1 heteroatoms. The van der Waals surface area contributed by atoms with Gasteiger partial charge in [-0.3, -0.25) is 4.90 Å². The third kappa shape index (κ3) is 2.64. The Bertz CT molecular complexity index is 561. The van der Waals surface area contributed by atoms with Crippen LogP contribution in [0, 0.1) is 0 Å². The molecule has 0 saturated carbocycles. The van der Waals surface area contributed by atoms with Crippen LogP contribution in [0.2, 0.25) is 0 Å². The third-order valence-electron chi connectivity index (χ3n) is 4.62. The Balaban J connectivity index is 1.82. The minimum absolute atomic E-state index is 0.487. The van der Waals surface area contributed by atoms with Gasteiger partial charge in [-0.15, -0.1) is 0 Å². The molecule has 0 spiro atoms. The monoisotopic (exact) mass is 265 g/mol. The summed E-state index contributed by atoms with van der Waals surface area (Å²) in [4.78, 5) is 2.65. The van der Waals surface area contributed by atoms with Gasteiger partial charge in [0, 0.05) is 18.6 Å². The maximum Gasteiger partial charge on any atom is 0.0322 e. The van der Waals surface area contributed by atoms with Crippen molar-refractivity contribution in [3.63, 3.8) is 0 Å². The van der Waals surface area contributed by atoms with Crippen molar-refractivity contribution in [1.82, 2.24) is 4.90 Å². The van der Waals surface area contributed by atoms with E-state index in [0.717, 1.165) is 19.4 Å². The highest BCUT2D eigenvalue weighted by Crippen LogP contribution is 2.27. The number of benzene rings is 2. The average molecular weight is 265 g/mol. The van der Waals surface area contributed by atoms with Crippen LogP contribution in [0.1, 0.15) is 36.6 Å². The second-order valence-corrected chi connectivity index (χ2v) is 5.90. The van der Waals surface area contributed by atoms with Crippen LogP contribution in [0.25, 0.3) is 0 Å². The lowest BCUT2D eigenvalue weighted by atomic mass is 10.0. The van der Waals surface area contributed by atoms with Crippen LogP contribution >= 0.6 is 0 Å². The third-order valence-corrected chi connectivity index (χ3v) is 4.62. The summed E-state index contributed by atoms with van der Waals surface area (Å²) in [7, 11) is 0. The van der Waals surface area contributed by atoms with Crippen LogP contribution in [0.5, 0.6) is 0 Å². The van der Waals surface area contributed by atoms with Crippen LogP contribution in [0.15, 0.2) is 54.6 Å². The van der Waals surface area contributed by atoms with Crippen molar-refractivity contribution in [2.24, 2.45) is 0 Å². The van der Waals surface area contributed by atoms with Gasteiger partial charge in [-0.2, -0.15) is 0 Å². The van der Waals surface area contributed by atoms with Gasteiger partial charge < -0.3 is 0 Å². The summed E-state index contributed by atoms with van der Waals surface area (Å²) in [5.41, 5.74) is 4.48. The second kappa shape index (κ2) is 5.80. The van der Waals surface area contributed by atoms with Crippen LogP contribution in [-0.2, 0) is 12.8 Å². The van der Waals surface area contributed by atoms with E-state index in [1.165, 1.54) is 16.7 Å². The van der Waals surface area contributed by atoms with Crippen LogP contribution < -0.4 is 0 Å². The molecule has 0 N–H and O–H groups in total. The predicted octanol–water partition coefficient (Wildman–Crippen LogP) is 4.24. The van der Waals surface area contributed by atoms with E-state index in [2.05, 4.69) is 73.3 Å². The highest BCUT2D eigenvalue weighted by Gasteiger charge is 2.24. The topological polar surface area (TPSA) is 3.24 Å². The van der Waals surface area contributed by atoms with Crippen molar-refractivity contribution in [1.29, 1.82) is 0 Å². The maximum absolute atomic E-state index is 2.65. The molecule has 1 aliphatic heterocycles. The van der Waals surface area contributed by atoms with Crippen molar-refractivity contribution in [3.8, 4) is 0 Å². The fourth-order valence-electron chi connectivity index (χ4n) is 3.40. The molecule has 0 aliphatic carbocycles. The van der Waals surface area contributed by atoms with Gasteiger partial charge in [0.2, 0.25) is 0 Å². The number of fused-ring (bicyclic) bond motifs is 1. The fraction of sp³-hybridized carbons (Fsp3) is 0.368. The zero-order valence-electron chi connectivity index (χ0n) is 12.4. The molecule has 2 atom stereocenters. The zero-order chi connectivity index (χ0) is 13.9. The zero-order valence-corrected chi connectivity index (χ0v) is 12.4. The second-order valence-electron chi connectivity index (χ2n) is 5.90. The van der Waals surface area contributed by atoms with E-state index >= 15 is 0 Å².